The first-order chi connectivity index (χ1) is 17.2. The summed E-state index contributed by atoms with van der Waals surface area (Å²) >= 11 is 0. The Bertz CT molecular complexity index is 1440. The van der Waals surface area contributed by atoms with Gasteiger partial charge in [0.05, 0.1) is 24.3 Å². The van der Waals surface area contributed by atoms with Crippen LogP contribution in [0.5, 0.6) is 5.75 Å². The van der Waals surface area contributed by atoms with Crippen LogP contribution in [0.3, 0.4) is 0 Å². The lowest BCUT2D eigenvalue weighted by Gasteiger charge is -2.17. The number of benzene rings is 3. The van der Waals surface area contributed by atoms with Crippen LogP contribution in [0.2, 0.25) is 0 Å². The van der Waals surface area contributed by atoms with Crippen LogP contribution in [0.1, 0.15) is 34.5 Å². The molecule has 1 unspecified atom stereocenters. The molecular weight excluding hydrogens is 434 g/mol. The highest BCUT2D eigenvalue weighted by Gasteiger charge is 2.36. The molecule has 2 atom stereocenters. The van der Waals surface area contributed by atoms with E-state index in [0.717, 1.165) is 59.1 Å². The fourth-order valence-corrected chi connectivity index (χ4v) is 5.34. The van der Waals surface area contributed by atoms with Gasteiger partial charge in [0.2, 0.25) is 0 Å². The monoisotopic (exact) mass is 463 g/mol. The van der Waals surface area contributed by atoms with Gasteiger partial charge < -0.3 is 9.72 Å². The molecule has 1 fully saturated rings. The summed E-state index contributed by atoms with van der Waals surface area (Å²) in [6.07, 6.45) is 1.88. The van der Waals surface area contributed by atoms with E-state index < -0.39 is 0 Å². The minimum atomic E-state index is 0.276. The van der Waals surface area contributed by atoms with Crippen molar-refractivity contribution in [3.05, 3.63) is 102 Å². The van der Waals surface area contributed by atoms with Crippen LogP contribution in [0.25, 0.3) is 22.2 Å². The third-order valence-corrected chi connectivity index (χ3v) is 7.18. The Balaban J connectivity index is 1.34. The van der Waals surface area contributed by atoms with Gasteiger partial charge in [0.1, 0.15) is 11.6 Å². The zero-order valence-electron chi connectivity index (χ0n) is 20.0. The summed E-state index contributed by atoms with van der Waals surface area (Å²) in [5.74, 6) is 2.56. The van der Waals surface area contributed by atoms with Crippen LogP contribution in [0, 0.1) is 6.92 Å². The molecular formula is C29H29N5O. The first kappa shape index (κ1) is 21.6. The summed E-state index contributed by atoms with van der Waals surface area (Å²) in [5.41, 5.74) is 8.05. The summed E-state index contributed by atoms with van der Waals surface area (Å²) < 4.78 is 5.40. The highest BCUT2D eigenvalue weighted by Crippen LogP contribution is 2.40. The zero-order chi connectivity index (χ0) is 23.8. The van der Waals surface area contributed by atoms with Crippen molar-refractivity contribution in [1.29, 1.82) is 0 Å². The summed E-state index contributed by atoms with van der Waals surface area (Å²) in [6.45, 7) is 4.93. The largest absolute Gasteiger partial charge is 0.497 e. The van der Waals surface area contributed by atoms with Crippen molar-refractivity contribution in [3.63, 3.8) is 0 Å². The number of nitrogens with one attached hydrogen (secondary N) is 2. The maximum atomic E-state index is 5.40. The van der Waals surface area contributed by atoms with Crippen molar-refractivity contribution < 1.29 is 4.74 Å². The van der Waals surface area contributed by atoms with Crippen LogP contribution >= 0.6 is 0 Å². The zero-order valence-corrected chi connectivity index (χ0v) is 20.0. The molecule has 2 aromatic heterocycles. The summed E-state index contributed by atoms with van der Waals surface area (Å²) in [6, 6.07) is 25.6. The normalized spacial score (nSPS) is 18.3. The summed E-state index contributed by atoms with van der Waals surface area (Å²) in [4.78, 5) is 11.3. The quantitative estimate of drug-likeness (QED) is 0.341. The number of methoxy groups -OCH3 is 1. The van der Waals surface area contributed by atoms with E-state index in [1.165, 1.54) is 11.1 Å². The number of ether oxygens (including phenoxy) is 1. The standard InChI is InChI=1S/C29H29N5O/c1-19-24(15-30-33-19)22-10-13-27-28(14-22)32-29(31-27)26-18-34(16-20-6-4-3-5-7-20)17-25(26)21-8-11-23(35-2)12-9-21/h3-15,25-26H,16-18H2,1-2H3,(H,30,33)(H,31,32)/t25-,26?/m1/s1. The molecule has 6 heteroatoms. The van der Waals surface area contributed by atoms with E-state index in [0.29, 0.717) is 5.92 Å². The second-order valence-corrected chi connectivity index (χ2v) is 9.43. The molecule has 3 aromatic carbocycles. The number of hydrogen-bond donors (Lipinski definition) is 2. The topological polar surface area (TPSA) is 69.8 Å². The molecule has 2 N–H and O–H groups in total. The molecule has 1 saturated heterocycles. The molecule has 0 spiro atoms. The van der Waals surface area contributed by atoms with Gasteiger partial charge in [-0.25, -0.2) is 4.98 Å². The van der Waals surface area contributed by atoms with Gasteiger partial charge in [0.15, 0.2) is 0 Å². The van der Waals surface area contributed by atoms with Crippen molar-refractivity contribution in [2.75, 3.05) is 20.2 Å². The molecule has 0 radical (unpaired) electrons. The van der Waals surface area contributed by atoms with Gasteiger partial charge in [-0.3, -0.25) is 10.00 Å². The number of hydrogen-bond acceptors (Lipinski definition) is 4. The predicted molar refractivity (Wildman–Crippen MR) is 139 cm³/mol. The van der Waals surface area contributed by atoms with Crippen molar-refractivity contribution in [3.8, 4) is 16.9 Å². The molecule has 0 saturated carbocycles. The van der Waals surface area contributed by atoms with Gasteiger partial charge in [-0.15, -0.1) is 0 Å². The van der Waals surface area contributed by atoms with Gasteiger partial charge >= 0.3 is 0 Å². The highest BCUT2D eigenvalue weighted by molar-refractivity contribution is 5.82. The van der Waals surface area contributed by atoms with Gasteiger partial charge in [0, 0.05) is 42.7 Å². The second kappa shape index (κ2) is 9.04. The van der Waals surface area contributed by atoms with E-state index in [9.17, 15) is 0 Å². The predicted octanol–water partition coefficient (Wildman–Crippen LogP) is 5.65. The first-order valence-electron chi connectivity index (χ1n) is 12.1. The van der Waals surface area contributed by atoms with Crippen LogP contribution < -0.4 is 4.74 Å². The van der Waals surface area contributed by atoms with Crippen LogP contribution in [-0.4, -0.2) is 45.3 Å². The maximum absolute atomic E-state index is 5.40. The SMILES string of the molecule is COc1ccc([C@H]2CN(Cc3ccccc3)CC2c2nc3ccc(-c4cn[nH]c4C)cc3[nH]2)cc1. The van der Waals surface area contributed by atoms with Gasteiger partial charge in [-0.2, -0.15) is 5.10 Å². The van der Waals surface area contributed by atoms with Crippen molar-refractivity contribution >= 4 is 11.0 Å². The van der Waals surface area contributed by atoms with Gasteiger partial charge in [0.25, 0.3) is 0 Å². The Morgan fingerprint density at radius 3 is 2.51 bits per heavy atom. The fraction of sp³-hybridized carbons (Fsp3) is 0.241. The molecule has 3 heterocycles. The maximum Gasteiger partial charge on any atom is 0.118 e. The number of nitrogens with zero attached hydrogens (tertiary/aromatic N) is 3. The number of likely N-dealkylation sites (tertiary alicyclic amines) is 1. The number of aromatic amines is 2. The van der Waals surface area contributed by atoms with Crippen LogP contribution in [-0.2, 0) is 6.54 Å². The van der Waals surface area contributed by atoms with E-state index in [4.69, 9.17) is 9.72 Å². The molecule has 0 amide bonds. The first-order valence-corrected chi connectivity index (χ1v) is 12.1. The number of H-pyrrole nitrogens is 2. The smallest absolute Gasteiger partial charge is 0.118 e. The summed E-state index contributed by atoms with van der Waals surface area (Å²) in [5, 5.41) is 7.21. The Hall–Kier alpha value is -3.90. The van der Waals surface area contributed by atoms with Crippen LogP contribution in [0.4, 0.5) is 0 Å². The third kappa shape index (κ3) is 4.21. The average Bonchev–Trinajstić information content (AvgIpc) is 3.62. The molecule has 1 aliphatic heterocycles. The van der Waals surface area contributed by atoms with E-state index in [-0.39, 0.29) is 5.92 Å². The molecule has 0 aliphatic carbocycles. The Morgan fingerprint density at radius 1 is 0.971 bits per heavy atom. The van der Waals surface area contributed by atoms with E-state index in [1.54, 1.807) is 7.11 Å². The number of aryl methyl sites for hydroxylation is 1. The minimum Gasteiger partial charge on any atom is -0.497 e. The number of fused-ring (bicyclic) bond motifs is 1. The lowest BCUT2D eigenvalue weighted by atomic mass is 9.88. The Kier molecular flexibility index (Phi) is 5.58. The van der Waals surface area contributed by atoms with Crippen molar-refractivity contribution in [2.45, 2.75) is 25.3 Å². The van der Waals surface area contributed by atoms with Crippen molar-refractivity contribution in [1.82, 2.24) is 25.1 Å². The van der Waals surface area contributed by atoms with E-state index in [2.05, 4.69) is 92.9 Å². The molecule has 5 aromatic rings. The minimum absolute atomic E-state index is 0.276. The number of rotatable bonds is 6. The van der Waals surface area contributed by atoms with E-state index >= 15 is 0 Å². The molecule has 0 bridgehead atoms. The van der Waals surface area contributed by atoms with Crippen LogP contribution in [0.15, 0.2) is 79.0 Å². The molecule has 6 rings (SSSR count). The van der Waals surface area contributed by atoms with Gasteiger partial charge in [-0.1, -0.05) is 48.5 Å². The summed E-state index contributed by atoms with van der Waals surface area (Å²) in [7, 11) is 1.71. The Morgan fingerprint density at radius 2 is 1.77 bits per heavy atom. The average molecular weight is 464 g/mol. The van der Waals surface area contributed by atoms with E-state index in [1.807, 2.05) is 13.1 Å². The fourth-order valence-electron chi connectivity index (χ4n) is 5.34. The van der Waals surface area contributed by atoms with Gasteiger partial charge in [-0.05, 0) is 47.9 Å². The second-order valence-electron chi connectivity index (χ2n) is 9.43. The number of imidazole rings is 1. The molecule has 176 valence electrons. The molecule has 6 nitrogen and oxygen atoms in total. The third-order valence-electron chi connectivity index (χ3n) is 7.18. The lowest BCUT2D eigenvalue weighted by Crippen LogP contribution is -2.20. The molecule has 35 heavy (non-hydrogen) atoms. The Labute approximate surface area is 205 Å². The highest BCUT2D eigenvalue weighted by atomic mass is 16.5. The molecule has 1 aliphatic rings. The lowest BCUT2D eigenvalue weighted by molar-refractivity contribution is 0.323. The number of aromatic nitrogens is 4. The van der Waals surface area contributed by atoms with Crippen molar-refractivity contribution in [2.24, 2.45) is 0 Å².